The number of rotatable bonds is 50. The molecule has 0 aromatic heterocycles. The van der Waals surface area contributed by atoms with Crippen LogP contribution in [0.5, 0.6) is 0 Å². The molecule has 12 atom stereocenters. The molecule has 12 unspecified atom stereocenters. The number of allylic oxidation sites excluding steroid dienone is 1. The van der Waals surface area contributed by atoms with E-state index in [2.05, 4.69) is 19.2 Å². The van der Waals surface area contributed by atoms with E-state index < -0.39 is 86.8 Å². The third kappa shape index (κ3) is 32.0. The number of aliphatic hydroxyl groups is 8. The second-order valence-corrected chi connectivity index (χ2v) is 22.2. The van der Waals surface area contributed by atoms with Crippen LogP contribution in [0.4, 0.5) is 0 Å². The Hall–Kier alpha value is -1.27. The third-order valence-electron chi connectivity index (χ3n) is 15.5. The summed E-state index contributed by atoms with van der Waals surface area (Å²) in [4.78, 5) is 13.1. The molecular weight excluding hydrogens is 943 g/mol. The van der Waals surface area contributed by atoms with E-state index in [1.165, 1.54) is 205 Å². The molecule has 74 heavy (non-hydrogen) atoms. The molecule has 9 N–H and O–H groups in total. The van der Waals surface area contributed by atoms with Gasteiger partial charge in [0.25, 0.3) is 0 Å². The van der Waals surface area contributed by atoms with Crippen molar-refractivity contribution in [3.63, 3.8) is 0 Å². The molecule has 2 fully saturated rings. The Kier molecular flexibility index (Phi) is 43.4. The molecule has 1 amide bonds. The largest absolute Gasteiger partial charge is 0.394 e. The van der Waals surface area contributed by atoms with Gasteiger partial charge in [-0.05, 0) is 12.8 Å². The second-order valence-electron chi connectivity index (χ2n) is 22.2. The Balaban J connectivity index is 1.46. The Morgan fingerprint density at radius 3 is 1.23 bits per heavy atom. The Morgan fingerprint density at radius 1 is 0.473 bits per heavy atom. The first-order chi connectivity index (χ1) is 36.1. The fourth-order valence-electron chi connectivity index (χ4n) is 10.5. The van der Waals surface area contributed by atoms with Crippen LogP contribution in [-0.4, -0.2) is 140 Å². The predicted molar refractivity (Wildman–Crippen MR) is 295 cm³/mol. The highest BCUT2D eigenvalue weighted by atomic mass is 16.7. The van der Waals surface area contributed by atoms with Gasteiger partial charge in [0.1, 0.15) is 48.8 Å². The third-order valence-corrected chi connectivity index (χ3v) is 15.5. The fraction of sp³-hybridized carbons (Fsp3) is 0.950. The van der Waals surface area contributed by atoms with Gasteiger partial charge in [0.2, 0.25) is 5.91 Å². The first-order valence-electron chi connectivity index (χ1n) is 30.9. The highest BCUT2D eigenvalue weighted by molar-refractivity contribution is 5.76. The maximum atomic E-state index is 13.1. The average molecular weight is 1060 g/mol. The molecule has 0 aromatic rings. The predicted octanol–water partition coefficient (Wildman–Crippen LogP) is 10.7. The van der Waals surface area contributed by atoms with Crippen LogP contribution < -0.4 is 5.32 Å². The molecule has 14 nitrogen and oxygen atoms in total. The lowest BCUT2D eigenvalue weighted by Crippen LogP contribution is -2.65. The van der Waals surface area contributed by atoms with Crippen LogP contribution in [0.15, 0.2) is 12.2 Å². The van der Waals surface area contributed by atoms with Crippen LogP contribution in [0.1, 0.15) is 271 Å². The standard InChI is InChI=1S/C60H115NO13/c1-3-5-7-9-10-11-12-13-14-15-16-17-18-19-20-21-22-23-24-25-26-27-28-29-30-31-32-33-34-35-36-37-38-39-40-42-44-52(65)61-48(49(64)43-41-8-6-4-2)47-71-59-57(70)55(68)58(51(46-63)73-59)74-60-56(69)54(67)53(66)50(45-62)72-60/h41,43,48-51,53-60,62-64,66-70H,3-40,42,44-47H2,1-2H3,(H,61,65)/b43-41+. The van der Waals surface area contributed by atoms with Crippen LogP contribution in [0.3, 0.4) is 0 Å². The van der Waals surface area contributed by atoms with Crippen molar-refractivity contribution < 1.29 is 64.6 Å². The van der Waals surface area contributed by atoms with Crippen molar-refractivity contribution in [2.45, 2.75) is 344 Å². The van der Waals surface area contributed by atoms with E-state index in [1.54, 1.807) is 6.08 Å². The summed E-state index contributed by atoms with van der Waals surface area (Å²) >= 11 is 0. The summed E-state index contributed by atoms with van der Waals surface area (Å²) in [6, 6.07) is -0.906. The molecule has 438 valence electrons. The summed E-state index contributed by atoms with van der Waals surface area (Å²) in [5, 5.41) is 86.2. The van der Waals surface area contributed by atoms with Crippen molar-refractivity contribution in [3.05, 3.63) is 12.2 Å². The minimum atomic E-state index is -1.78. The zero-order chi connectivity index (χ0) is 53.9. The Labute approximate surface area is 450 Å². The molecule has 2 aliphatic rings. The minimum Gasteiger partial charge on any atom is -0.394 e. The molecule has 2 heterocycles. The van der Waals surface area contributed by atoms with Gasteiger partial charge >= 0.3 is 0 Å². The van der Waals surface area contributed by atoms with Crippen molar-refractivity contribution in [2.24, 2.45) is 0 Å². The number of hydrogen-bond donors (Lipinski definition) is 9. The van der Waals surface area contributed by atoms with Crippen LogP contribution in [0.25, 0.3) is 0 Å². The molecular formula is C60H115NO13. The number of aliphatic hydroxyl groups excluding tert-OH is 8. The number of unbranched alkanes of at least 4 members (excludes halogenated alkanes) is 37. The summed E-state index contributed by atoms with van der Waals surface area (Å²) in [5.41, 5.74) is 0. The van der Waals surface area contributed by atoms with E-state index in [0.29, 0.717) is 6.42 Å². The van der Waals surface area contributed by atoms with Crippen LogP contribution >= 0.6 is 0 Å². The number of nitrogens with one attached hydrogen (secondary N) is 1. The summed E-state index contributed by atoms with van der Waals surface area (Å²) in [6.07, 6.45) is 38.3. The van der Waals surface area contributed by atoms with Crippen LogP contribution in [0, 0.1) is 0 Å². The molecule has 2 saturated heterocycles. The van der Waals surface area contributed by atoms with Gasteiger partial charge in [-0.15, -0.1) is 0 Å². The molecule has 2 rings (SSSR count). The normalized spacial score (nSPS) is 25.2. The Bertz CT molecular complexity index is 1290. The SMILES string of the molecule is CCCC/C=C/C(O)C(COC1OC(CO)C(OC2OC(CO)C(O)C(O)C2O)C(O)C1O)NC(=O)CCCCCCCCCCCCCCCCCCCCCCCCCCCCCCCCCCCCCC. The molecule has 2 aliphatic heterocycles. The lowest BCUT2D eigenvalue weighted by Gasteiger charge is -2.46. The highest BCUT2D eigenvalue weighted by Gasteiger charge is 2.51. The summed E-state index contributed by atoms with van der Waals surface area (Å²) in [5.74, 6) is -0.243. The number of carbonyl (C=O) groups is 1. The molecule has 0 bridgehead atoms. The zero-order valence-electron chi connectivity index (χ0n) is 47.1. The maximum Gasteiger partial charge on any atom is 0.220 e. The molecule has 0 saturated carbocycles. The van der Waals surface area contributed by atoms with Crippen molar-refractivity contribution in [1.29, 1.82) is 0 Å². The number of hydrogen-bond acceptors (Lipinski definition) is 13. The molecule has 0 spiro atoms. The fourth-order valence-corrected chi connectivity index (χ4v) is 10.5. The molecule has 14 heteroatoms. The lowest BCUT2D eigenvalue weighted by molar-refractivity contribution is -0.359. The monoisotopic (exact) mass is 1060 g/mol. The van der Waals surface area contributed by atoms with E-state index in [-0.39, 0.29) is 18.9 Å². The number of amides is 1. The van der Waals surface area contributed by atoms with Gasteiger partial charge in [-0.3, -0.25) is 4.79 Å². The average Bonchev–Trinajstić information content (AvgIpc) is 3.40. The summed E-state index contributed by atoms with van der Waals surface area (Å²) < 4.78 is 22.6. The first-order valence-corrected chi connectivity index (χ1v) is 30.9. The first kappa shape index (κ1) is 68.8. The molecule has 0 radical (unpaired) electrons. The number of ether oxygens (including phenoxy) is 4. The second kappa shape index (κ2) is 46.6. The van der Waals surface area contributed by atoms with E-state index >= 15 is 0 Å². The van der Waals surface area contributed by atoms with Crippen molar-refractivity contribution in [1.82, 2.24) is 5.32 Å². The van der Waals surface area contributed by atoms with Gasteiger partial charge in [-0.2, -0.15) is 0 Å². The Morgan fingerprint density at radius 2 is 0.838 bits per heavy atom. The van der Waals surface area contributed by atoms with Crippen molar-refractivity contribution in [2.75, 3.05) is 19.8 Å². The smallest absolute Gasteiger partial charge is 0.220 e. The molecule has 0 aromatic carbocycles. The van der Waals surface area contributed by atoms with E-state index in [0.717, 1.165) is 38.5 Å². The van der Waals surface area contributed by atoms with Gasteiger partial charge in [-0.1, -0.05) is 264 Å². The summed E-state index contributed by atoms with van der Waals surface area (Å²) in [7, 11) is 0. The van der Waals surface area contributed by atoms with Crippen LogP contribution in [0.2, 0.25) is 0 Å². The number of carbonyl (C=O) groups excluding carboxylic acids is 1. The molecule has 0 aliphatic carbocycles. The van der Waals surface area contributed by atoms with E-state index in [1.807, 2.05) is 6.08 Å². The van der Waals surface area contributed by atoms with Gasteiger partial charge in [0.15, 0.2) is 12.6 Å². The van der Waals surface area contributed by atoms with Gasteiger partial charge in [-0.25, -0.2) is 0 Å². The highest BCUT2D eigenvalue weighted by Crippen LogP contribution is 2.30. The zero-order valence-corrected chi connectivity index (χ0v) is 47.1. The van der Waals surface area contributed by atoms with Crippen molar-refractivity contribution in [3.8, 4) is 0 Å². The lowest BCUT2D eigenvalue weighted by atomic mass is 9.97. The van der Waals surface area contributed by atoms with Crippen molar-refractivity contribution >= 4 is 5.91 Å². The van der Waals surface area contributed by atoms with Crippen LogP contribution in [-0.2, 0) is 23.7 Å². The quantitative estimate of drug-likeness (QED) is 0.0204. The maximum absolute atomic E-state index is 13.1. The topological polar surface area (TPSA) is 228 Å². The van der Waals surface area contributed by atoms with Gasteiger partial charge < -0.3 is 65.1 Å². The summed E-state index contributed by atoms with van der Waals surface area (Å²) in [6.45, 7) is 2.65. The minimum absolute atomic E-state index is 0.243. The van der Waals surface area contributed by atoms with E-state index in [9.17, 15) is 45.6 Å². The van der Waals surface area contributed by atoms with Gasteiger partial charge in [0.05, 0.1) is 32.0 Å². The van der Waals surface area contributed by atoms with Gasteiger partial charge in [0, 0.05) is 6.42 Å². The van der Waals surface area contributed by atoms with E-state index in [4.69, 9.17) is 18.9 Å².